The zero-order valence-corrected chi connectivity index (χ0v) is 10.4. The van der Waals surface area contributed by atoms with Crippen molar-refractivity contribution in [2.45, 2.75) is 19.3 Å². The third-order valence-electron chi connectivity index (χ3n) is 2.30. The summed E-state index contributed by atoms with van der Waals surface area (Å²) in [6, 6.07) is 5.39. The second kappa shape index (κ2) is 6.97. The molecule has 3 nitrogen and oxygen atoms in total. The van der Waals surface area contributed by atoms with Crippen LogP contribution in [0.4, 0.5) is 5.69 Å². The molecule has 0 saturated carbocycles. The molecule has 17 heavy (non-hydrogen) atoms. The highest BCUT2D eigenvalue weighted by molar-refractivity contribution is 6.30. The van der Waals surface area contributed by atoms with E-state index in [4.69, 9.17) is 22.1 Å². The number of ether oxygens (including phenoxy) is 1. The summed E-state index contributed by atoms with van der Waals surface area (Å²) in [7, 11) is 0. The van der Waals surface area contributed by atoms with Gasteiger partial charge in [-0.05, 0) is 30.5 Å². The zero-order valence-electron chi connectivity index (χ0n) is 9.62. The maximum atomic E-state index is 11.2. The summed E-state index contributed by atoms with van der Waals surface area (Å²) in [5.74, 6) is -0.211. The van der Waals surface area contributed by atoms with Crippen LogP contribution < -0.4 is 5.73 Å². The molecule has 4 heteroatoms. The van der Waals surface area contributed by atoms with E-state index < -0.39 is 0 Å². The number of hydrogen-bond acceptors (Lipinski definition) is 3. The molecule has 0 amide bonds. The lowest BCUT2D eigenvalue weighted by molar-refractivity contribution is -0.142. The molecular formula is C13H16ClNO2. The van der Waals surface area contributed by atoms with Crippen LogP contribution in [0, 0.1) is 0 Å². The fraction of sp³-hybridized carbons (Fsp3) is 0.308. The second-order valence-corrected chi connectivity index (χ2v) is 4.10. The monoisotopic (exact) mass is 253 g/mol. The van der Waals surface area contributed by atoms with Gasteiger partial charge in [0, 0.05) is 17.1 Å². The van der Waals surface area contributed by atoms with Crippen molar-refractivity contribution in [1.82, 2.24) is 0 Å². The van der Waals surface area contributed by atoms with E-state index in [0.29, 0.717) is 23.6 Å². The Labute approximate surface area is 106 Å². The number of aryl methyl sites for hydroxylation is 1. The molecule has 0 radical (unpaired) electrons. The van der Waals surface area contributed by atoms with Crippen LogP contribution in [0.2, 0.25) is 5.02 Å². The molecule has 0 unspecified atom stereocenters. The lowest BCUT2D eigenvalue weighted by atomic mass is 10.1. The molecular weight excluding hydrogens is 238 g/mol. The third kappa shape index (κ3) is 4.91. The summed E-state index contributed by atoms with van der Waals surface area (Å²) in [5.41, 5.74) is 7.47. The van der Waals surface area contributed by atoms with Gasteiger partial charge in [-0.3, -0.25) is 4.79 Å². The number of hydrogen-bond donors (Lipinski definition) is 1. The first-order valence-electron chi connectivity index (χ1n) is 5.44. The van der Waals surface area contributed by atoms with Gasteiger partial charge in [-0.25, -0.2) is 0 Å². The van der Waals surface area contributed by atoms with E-state index in [-0.39, 0.29) is 12.6 Å². The molecule has 0 fully saturated rings. The van der Waals surface area contributed by atoms with E-state index in [2.05, 4.69) is 6.58 Å². The quantitative estimate of drug-likeness (QED) is 0.482. The molecule has 0 bridgehead atoms. The Hall–Kier alpha value is -1.48. The normalized spacial score (nSPS) is 9.94. The SMILES string of the molecule is C=CCOC(=O)CCCc1ccc(Cl)cc1N. The molecule has 1 aromatic rings. The molecule has 0 atom stereocenters. The molecule has 1 aromatic carbocycles. The number of carbonyl (C=O) groups excluding carboxylic acids is 1. The van der Waals surface area contributed by atoms with E-state index in [1.807, 2.05) is 6.07 Å². The Bertz CT molecular complexity index is 404. The van der Waals surface area contributed by atoms with Gasteiger partial charge in [0.2, 0.25) is 0 Å². The largest absolute Gasteiger partial charge is 0.461 e. The van der Waals surface area contributed by atoms with Gasteiger partial charge in [0.25, 0.3) is 0 Å². The highest BCUT2D eigenvalue weighted by Gasteiger charge is 2.04. The van der Waals surface area contributed by atoms with E-state index in [1.165, 1.54) is 0 Å². The van der Waals surface area contributed by atoms with Gasteiger partial charge in [-0.1, -0.05) is 30.3 Å². The van der Waals surface area contributed by atoms with Crippen molar-refractivity contribution in [3.63, 3.8) is 0 Å². The molecule has 0 aromatic heterocycles. The number of anilines is 1. The molecule has 1 rings (SSSR count). The Morgan fingerprint density at radius 1 is 1.53 bits per heavy atom. The van der Waals surface area contributed by atoms with Crippen LogP contribution in [0.25, 0.3) is 0 Å². The number of halogens is 1. The Morgan fingerprint density at radius 3 is 2.94 bits per heavy atom. The molecule has 0 saturated heterocycles. The average Bonchev–Trinajstić information content (AvgIpc) is 2.29. The molecule has 0 spiro atoms. The summed E-state index contributed by atoms with van der Waals surface area (Å²) in [4.78, 5) is 11.2. The highest BCUT2D eigenvalue weighted by atomic mass is 35.5. The zero-order chi connectivity index (χ0) is 12.7. The van der Waals surface area contributed by atoms with Crippen molar-refractivity contribution in [2.75, 3.05) is 12.3 Å². The number of benzene rings is 1. The Morgan fingerprint density at radius 2 is 2.29 bits per heavy atom. The van der Waals surface area contributed by atoms with Gasteiger partial charge >= 0.3 is 5.97 Å². The van der Waals surface area contributed by atoms with E-state index in [1.54, 1.807) is 18.2 Å². The predicted molar refractivity (Wildman–Crippen MR) is 70.0 cm³/mol. The first kappa shape index (κ1) is 13.6. The highest BCUT2D eigenvalue weighted by Crippen LogP contribution is 2.19. The summed E-state index contributed by atoms with van der Waals surface area (Å²) in [6.07, 6.45) is 3.39. The lowest BCUT2D eigenvalue weighted by Crippen LogP contribution is -2.05. The van der Waals surface area contributed by atoms with Crippen molar-refractivity contribution < 1.29 is 9.53 Å². The minimum atomic E-state index is -0.211. The van der Waals surface area contributed by atoms with Gasteiger partial charge in [-0.15, -0.1) is 0 Å². The summed E-state index contributed by atoms with van der Waals surface area (Å²) < 4.78 is 4.87. The molecule has 92 valence electrons. The van der Waals surface area contributed by atoms with Crippen molar-refractivity contribution >= 4 is 23.3 Å². The number of nitrogen functional groups attached to an aromatic ring is 1. The van der Waals surface area contributed by atoms with Crippen molar-refractivity contribution in [1.29, 1.82) is 0 Å². The first-order chi connectivity index (χ1) is 8.13. The third-order valence-corrected chi connectivity index (χ3v) is 2.53. The van der Waals surface area contributed by atoms with Gasteiger partial charge in [-0.2, -0.15) is 0 Å². The van der Waals surface area contributed by atoms with Crippen LogP contribution in [-0.2, 0) is 16.0 Å². The predicted octanol–water partition coefficient (Wildman–Crippen LogP) is 2.97. The Balaban J connectivity index is 2.35. The fourth-order valence-corrected chi connectivity index (χ4v) is 1.62. The maximum absolute atomic E-state index is 11.2. The smallest absolute Gasteiger partial charge is 0.306 e. The minimum absolute atomic E-state index is 0.211. The molecule has 0 aliphatic carbocycles. The second-order valence-electron chi connectivity index (χ2n) is 3.67. The van der Waals surface area contributed by atoms with Gasteiger partial charge < -0.3 is 10.5 Å². The maximum Gasteiger partial charge on any atom is 0.306 e. The van der Waals surface area contributed by atoms with E-state index >= 15 is 0 Å². The van der Waals surface area contributed by atoms with Crippen LogP contribution in [0.1, 0.15) is 18.4 Å². The summed E-state index contributed by atoms with van der Waals surface area (Å²) in [5, 5.41) is 0.622. The average molecular weight is 254 g/mol. The van der Waals surface area contributed by atoms with Crippen LogP contribution in [-0.4, -0.2) is 12.6 Å². The molecule has 0 aliphatic heterocycles. The van der Waals surface area contributed by atoms with Crippen LogP contribution in [0.5, 0.6) is 0 Å². The number of esters is 1. The van der Waals surface area contributed by atoms with Crippen LogP contribution >= 0.6 is 11.6 Å². The molecule has 0 heterocycles. The van der Waals surface area contributed by atoms with Gasteiger partial charge in [0.1, 0.15) is 6.61 Å². The van der Waals surface area contributed by atoms with E-state index in [0.717, 1.165) is 12.0 Å². The molecule has 0 aliphatic rings. The summed E-state index contributed by atoms with van der Waals surface area (Å²) in [6.45, 7) is 3.74. The van der Waals surface area contributed by atoms with Crippen LogP contribution in [0.15, 0.2) is 30.9 Å². The van der Waals surface area contributed by atoms with Crippen LogP contribution in [0.3, 0.4) is 0 Å². The Kier molecular flexibility index (Phi) is 5.57. The van der Waals surface area contributed by atoms with Crippen molar-refractivity contribution in [3.8, 4) is 0 Å². The van der Waals surface area contributed by atoms with Crippen molar-refractivity contribution in [2.24, 2.45) is 0 Å². The number of carbonyl (C=O) groups is 1. The molecule has 2 N–H and O–H groups in total. The van der Waals surface area contributed by atoms with Crippen molar-refractivity contribution in [3.05, 3.63) is 41.4 Å². The number of rotatable bonds is 6. The van der Waals surface area contributed by atoms with E-state index in [9.17, 15) is 4.79 Å². The summed E-state index contributed by atoms with van der Waals surface area (Å²) >= 11 is 5.80. The topological polar surface area (TPSA) is 52.3 Å². The lowest BCUT2D eigenvalue weighted by Gasteiger charge is -2.06. The minimum Gasteiger partial charge on any atom is -0.461 e. The fourth-order valence-electron chi connectivity index (χ4n) is 1.44. The number of nitrogens with two attached hydrogens (primary N) is 1. The standard InChI is InChI=1S/C13H16ClNO2/c1-2-8-17-13(16)5-3-4-10-6-7-11(14)9-12(10)15/h2,6-7,9H,1,3-5,8,15H2. The van der Waals surface area contributed by atoms with Gasteiger partial charge in [0.05, 0.1) is 0 Å². The first-order valence-corrected chi connectivity index (χ1v) is 5.81. The van der Waals surface area contributed by atoms with Gasteiger partial charge in [0.15, 0.2) is 0 Å².